The van der Waals surface area contributed by atoms with Crippen molar-refractivity contribution in [2.45, 2.75) is 11.8 Å². The van der Waals surface area contributed by atoms with Gasteiger partial charge in [0.05, 0.1) is 29.7 Å². The Morgan fingerprint density at radius 1 is 1.24 bits per heavy atom. The molecule has 0 saturated heterocycles. The van der Waals surface area contributed by atoms with Crippen LogP contribution in [0.3, 0.4) is 0 Å². The van der Waals surface area contributed by atoms with E-state index in [1.54, 1.807) is 25.1 Å². The van der Waals surface area contributed by atoms with Gasteiger partial charge in [-0.3, -0.25) is 4.79 Å². The summed E-state index contributed by atoms with van der Waals surface area (Å²) in [5.41, 5.74) is 0.469. The third-order valence-corrected chi connectivity index (χ3v) is 6.60. The van der Waals surface area contributed by atoms with E-state index in [9.17, 15) is 13.2 Å². The Labute approximate surface area is 151 Å². The molecular weight excluding hydrogens is 364 g/mol. The minimum Gasteiger partial charge on any atom is -0.497 e. The second kappa shape index (κ2) is 7.85. The highest BCUT2D eigenvalue weighted by Crippen LogP contribution is 2.30. The lowest BCUT2D eigenvalue weighted by Crippen LogP contribution is -2.26. The summed E-state index contributed by atoms with van der Waals surface area (Å²) in [5, 5.41) is 4.18. The van der Waals surface area contributed by atoms with Crippen molar-refractivity contribution in [1.29, 1.82) is 0 Å². The minimum atomic E-state index is -3.57. The van der Waals surface area contributed by atoms with Crippen LogP contribution in [0, 0.1) is 0 Å². The standard InChI is InChI=1S/C16H20N2O5S2/c1-5-18(2)25(20,21)12-9-15(24-10-12)16(19)17-13-7-6-11(22-3)8-14(13)23-4/h6-10H,5H2,1-4H3,(H,17,19). The van der Waals surface area contributed by atoms with Crippen molar-refractivity contribution in [2.75, 3.05) is 33.1 Å². The lowest BCUT2D eigenvalue weighted by Gasteiger charge is -2.13. The van der Waals surface area contributed by atoms with Gasteiger partial charge in [0.15, 0.2) is 0 Å². The van der Waals surface area contributed by atoms with Gasteiger partial charge in [0.25, 0.3) is 5.91 Å². The van der Waals surface area contributed by atoms with Gasteiger partial charge >= 0.3 is 0 Å². The van der Waals surface area contributed by atoms with Crippen LogP contribution in [0.1, 0.15) is 16.6 Å². The molecule has 7 nitrogen and oxygen atoms in total. The van der Waals surface area contributed by atoms with Crippen molar-refractivity contribution >= 4 is 33.0 Å². The van der Waals surface area contributed by atoms with Crippen molar-refractivity contribution < 1.29 is 22.7 Å². The van der Waals surface area contributed by atoms with Crippen LogP contribution in [-0.2, 0) is 10.0 Å². The van der Waals surface area contributed by atoms with Crippen LogP contribution in [0.25, 0.3) is 0 Å². The maximum absolute atomic E-state index is 12.4. The largest absolute Gasteiger partial charge is 0.497 e. The normalized spacial score (nSPS) is 11.4. The molecule has 0 aliphatic carbocycles. The van der Waals surface area contributed by atoms with Crippen LogP contribution in [0.2, 0.25) is 0 Å². The minimum absolute atomic E-state index is 0.105. The fourth-order valence-corrected chi connectivity index (χ4v) is 4.34. The van der Waals surface area contributed by atoms with Gasteiger partial charge in [0.2, 0.25) is 10.0 Å². The van der Waals surface area contributed by atoms with Crippen LogP contribution >= 0.6 is 11.3 Å². The number of methoxy groups -OCH3 is 2. The summed E-state index contributed by atoms with van der Waals surface area (Å²) < 4.78 is 36.2. The Morgan fingerprint density at radius 2 is 1.96 bits per heavy atom. The highest BCUT2D eigenvalue weighted by Gasteiger charge is 2.23. The number of amides is 1. The van der Waals surface area contributed by atoms with Crippen LogP contribution in [0.5, 0.6) is 11.5 Å². The quantitative estimate of drug-likeness (QED) is 0.793. The zero-order valence-corrected chi connectivity index (χ0v) is 16.0. The van der Waals surface area contributed by atoms with E-state index in [1.807, 2.05) is 0 Å². The van der Waals surface area contributed by atoms with Crippen molar-refractivity contribution in [3.63, 3.8) is 0 Å². The van der Waals surface area contributed by atoms with Gasteiger partial charge < -0.3 is 14.8 Å². The first-order valence-electron chi connectivity index (χ1n) is 7.41. The lowest BCUT2D eigenvalue weighted by atomic mass is 10.2. The molecule has 2 aromatic rings. The number of carbonyl (C=O) groups excluding carboxylic acids is 1. The lowest BCUT2D eigenvalue weighted by molar-refractivity contribution is 0.103. The number of anilines is 1. The predicted molar refractivity (Wildman–Crippen MR) is 97.3 cm³/mol. The molecule has 1 N–H and O–H groups in total. The number of benzene rings is 1. The number of hydrogen-bond acceptors (Lipinski definition) is 6. The monoisotopic (exact) mass is 384 g/mol. The molecule has 9 heteroatoms. The molecule has 2 rings (SSSR count). The highest BCUT2D eigenvalue weighted by molar-refractivity contribution is 7.89. The van der Waals surface area contributed by atoms with Crippen molar-refractivity contribution in [3.8, 4) is 11.5 Å². The van der Waals surface area contributed by atoms with Gasteiger partial charge in [-0.05, 0) is 18.2 Å². The molecule has 0 saturated carbocycles. The third-order valence-electron chi connectivity index (χ3n) is 3.61. The summed E-state index contributed by atoms with van der Waals surface area (Å²) in [6, 6.07) is 6.37. The van der Waals surface area contributed by atoms with Gasteiger partial charge in [-0.1, -0.05) is 6.92 Å². The van der Waals surface area contributed by atoms with Gasteiger partial charge in [-0.2, -0.15) is 0 Å². The SMILES string of the molecule is CCN(C)S(=O)(=O)c1csc(C(=O)Nc2ccc(OC)cc2OC)c1. The first kappa shape index (κ1) is 19.2. The van der Waals surface area contributed by atoms with Crippen molar-refractivity contribution in [2.24, 2.45) is 0 Å². The molecule has 0 aliphatic rings. The fourth-order valence-electron chi connectivity index (χ4n) is 2.01. The number of thiophene rings is 1. The second-order valence-corrected chi connectivity index (χ2v) is 8.04. The highest BCUT2D eigenvalue weighted by atomic mass is 32.2. The Balaban J connectivity index is 2.23. The molecule has 1 aromatic heterocycles. The average molecular weight is 384 g/mol. The molecule has 0 spiro atoms. The topological polar surface area (TPSA) is 84.9 Å². The van der Waals surface area contributed by atoms with Crippen molar-refractivity contribution in [1.82, 2.24) is 4.31 Å². The van der Waals surface area contributed by atoms with Gasteiger partial charge in [0.1, 0.15) is 11.5 Å². The van der Waals surface area contributed by atoms with E-state index in [0.29, 0.717) is 28.6 Å². The number of hydrogen-bond donors (Lipinski definition) is 1. The number of sulfonamides is 1. The molecule has 0 aliphatic heterocycles. The molecule has 0 unspecified atom stereocenters. The first-order valence-corrected chi connectivity index (χ1v) is 9.73. The molecular formula is C16H20N2O5S2. The number of ether oxygens (including phenoxy) is 2. The van der Waals surface area contributed by atoms with E-state index in [0.717, 1.165) is 11.3 Å². The molecule has 0 radical (unpaired) electrons. The number of carbonyl (C=O) groups is 1. The molecule has 0 fully saturated rings. The van der Waals surface area contributed by atoms with E-state index in [4.69, 9.17) is 9.47 Å². The summed E-state index contributed by atoms with van der Waals surface area (Å²) in [7, 11) is 0.944. The molecule has 1 amide bonds. The summed E-state index contributed by atoms with van der Waals surface area (Å²) in [5.74, 6) is 0.638. The fraction of sp³-hybridized carbons (Fsp3) is 0.312. The van der Waals surface area contributed by atoms with Gasteiger partial charge in [0, 0.05) is 25.0 Å². The molecule has 25 heavy (non-hydrogen) atoms. The number of rotatable bonds is 7. The Kier molecular flexibility index (Phi) is 6.04. The molecule has 136 valence electrons. The zero-order valence-electron chi connectivity index (χ0n) is 14.4. The van der Waals surface area contributed by atoms with Crippen molar-refractivity contribution in [3.05, 3.63) is 34.5 Å². The maximum atomic E-state index is 12.4. The zero-order chi connectivity index (χ0) is 18.6. The summed E-state index contributed by atoms with van der Waals surface area (Å²) >= 11 is 1.07. The van der Waals surface area contributed by atoms with Gasteiger partial charge in [-0.25, -0.2) is 12.7 Å². The first-order chi connectivity index (χ1) is 11.8. The Morgan fingerprint density at radius 3 is 2.56 bits per heavy atom. The van der Waals surface area contributed by atoms with Gasteiger partial charge in [-0.15, -0.1) is 11.3 Å². The molecule has 0 bridgehead atoms. The van der Waals surface area contributed by atoms with E-state index in [2.05, 4.69) is 5.32 Å². The summed E-state index contributed by atoms with van der Waals surface area (Å²) in [6.07, 6.45) is 0. The maximum Gasteiger partial charge on any atom is 0.265 e. The summed E-state index contributed by atoms with van der Waals surface area (Å²) in [4.78, 5) is 12.8. The van der Waals surface area contributed by atoms with E-state index in [1.165, 1.54) is 37.0 Å². The van der Waals surface area contributed by atoms with Crippen LogP contribution < -0.4 is 14.8 Å². The van der Waals surface area contributed by atoms with Crippen LogP contribution in [-0.4, -0.2) is 46.4 Å². The molecule has 0 atom stereocenters. The van der Waals surface area contributed by atoms with Crippen LogP contribution in [0.15, 0.2) is 34.5 Å². The third kappa shape index (κ3) is 4.12. The average Bonchev–Trinajstić information content (AvgIpc) is 3.12. The predicted octanol–water partition coefficient (Wildman–Crippen LogP) is 2.66. The second-order valence-electron chi connectivity index (χ2n) is 5.09. The molecule has 1 heterocycles. The number of nitrogens with zero attached hydrogens (tertiary/aromatic N) is 1. The van der Waals surface area contributed by atoms with E-state index < -0.39 is 15.9 Å². The molecule has 1 aromatic carbocycles. The Hall–Kier alpha value is -2.10. The van der Waals surface area contributed by atoms with E-state index in [-0.39, 0.29) is 4.90 Å². The summed E-state index contributed by atoms with van der Waals surface area (Å²) in [6.45, 7) is 2.09. The Bertz CT molecular complexity index is 861. The smallest absolute Gasteiger partial charge is 0.265 e. The number of nitrogens with one attached hydrogen (secondary N) is 1. The van der Waals surface area contributed by atoms with E-state index >= 15 is 0 Å². The van der Waals surface area contributed by atoms with Crippen LogP contribution in [0.4, 0.5) is 5.69 Å².